The first-order valence-corrected chi connectivity index (χ1v) is 8.11. The Labute approximate surface area is 123 Å². The van der Waals surface area contributed by atoms with Crippen molar-refractivity contribution in [2.75, 3.05) is 6.54 Å². The van der Waals surface area contributed by atoms with Gasteiger partial charge >= 0.3 is 0 Å². The molecule has 0 bridgehead atoms. The zero-order chi connectivity index (χ0) is 14.2. The van der Waals surface area contributed by atoms with Crippen molar-refractivity contribution >= 4 is 0 Å². The van der Waals surface area contributed by atoms with E-state index in [0.717, 1.165) is 0 Å². The molecule has 2 aliphatic carbocycles. The maximum absolute atomic E-state index is 6.24. The lowest BCUT2D eigenvalue weighted by molar-refractivity contribution is 0.247. The first-order chi connectivity index (χ1) is 9.55. The summed E-state index contributed by atoms with van der Waals surface area (Å²) < 4.78 is 0. The number of nitrogens with two attached hydrogens (primary N) is 1. The average molecular weight is 272 g/mol. The third-order valence-corrected chi connectivity index (χ3v) is 5.38. The topological polar surface area (TPSA) is 38.0 Å². The average Bonchev–Trinajstić information content (AvgIpc) is 2.78. The van der Waals surface area contributed by atoms with Gasteiger partial charge in [-0.2, -0.15) is 0 Å². The fraction of sp³-hybridized carbons (Fsp3) is 0.667. The first-order valence-electron chi connectivity index (χ1n) is 8.11. The molecule has 3 rings (SSSR count). The summed E-state index contributed by atoms with van der Waals surface area (Å²) in [5, 5.41) is 3.97. The second-order valence-electron chi connectivity index (χ2n) is 7.55. The highest BCUT2D eigenvalue weighted by molar-refractivity contribution is 5.36. The van der Waals surface area contributed by atoms with Crippen LogP contribution in [0, 0.1) is 5.41 Å². The van der Waals surface area contributed by atoms with Gasteiger partial charge in [-0.05, 0) is 55.1 Å². The minimum absolute atomic E-state index is 0.0138. The van der Waals surface area contributed by atoms with Gasteiger partial charge in [-0.3, -0.25) is 0 Å². The number of nitrogens with one attached hydrogen (secondary N) is 1. The van der Waals surface area contributed by atoms with Crippen molar-refractivity contribution in [2.24, 2.45) is 11.1 Å². The summed E-state index contributed by atoms with van der Waals surface area (Å²) in [7, 11) is 0. The maximum atomic E-state index is 6.24. The van der Waals surface area contributed by atoms with E-state index in [-0.39, 0.29) is 5.54 Å². The molecule has 1 aromatic carbocycles. The van der Waals surface area contributed by atoms with Gasteiger partial charge in [0, 0.05) is 12.6 Å². The van der Waals surface area contributed by atoms with Crippen LogP contribution in [0.25, 0.3) is 0 Å². The zero-order valence-electron chi connectivity index (χ0n) is 12.9. The van der Waals surface area contributed by atoms with Crippen LogP contribution in [0.2, 0.25) is 0 Å². The van der Waals surface area contributed by atoms with E-state index in [2.05, 4.69) is 43.4 Å². The van der Waals surface area contributed by atoms with Crippen molar-refractivity contribution in [3.05, 3.63) is 35.4 Å². The van der Waals surface area contributed by atoms with E-state index in [9.17, 15) is 0 Å². The lowest BCUT2D eigenvalue weighted by Gasteiger charge is -2.41. The standard InChI is InChI=1S/C18H28N2/c1-17(2)11-9-15(12-17)20-18(13-19)10-5-7-14-6-3-4-8-16(14)18/h3-4,6,8,15,20H,5,7,9-13,19H2,1-2H3. The van der Waals surface area contributed by atoms with Crippen molar-refractivity contribution in [1.29, 1.82) is 0 Å². The second kappa shape index (κ2) is 5.16. The molecule has 0 aromatic heterocycles. The Morgan fingerprint density at radius 1 is 1.25 bits per heavy atom. The van der Waals surface area contributed by atoms with E-state index in [1.54, 1.807) is 0 Å². The number of hydrogen-bond acceptors (Lipinski definition) is 2. The van der Waals surface area contributed by atoms with Gasteiger partial charge in [-0.15, -0.1) is 0 Å². The number of aryl methyl sites for hydroxylation is 1. The minimum atomic E-state index is 0.0138. The Morgan fingerprint density at radius 2 is 2.05 bits per heavy atom. The third-order valence-electron chi connectivity index (χ3n) is 5.38. The van der Waals surface area contributed by atoms with Gasteiger partial charge in [0.1, 0.15) is 0 Å². The quantitative estimate of drug-likeness (QED) is 0.885. The monoisotopic (exact) mass is 272 g/mol. The zero-order valence-corrected chi connectivity index (χ0v) is 12.9. The normalized spacial score (nSPS) is 32.0. The Bertz CT molecular complexity index is 480. The molecular weight excluding hydrogens is 244 g/mol. The number of rotatable bonds is 3. The van der Waals surface area contributed by atoms with E-state index < -0.39 is 0 Å². The van der Waals surface area contributed by atoms with Gasteiger partial charge in [-0.25, -0.2) is 0 Å². The second-order valence-corrected chi connectivity index (χ2v) is 7.55. The molecule has 1 aromatic rings. The van der Waals surface area contributed by atoms with Crippen LogP contribution in [-0.2, 0) is 12.0 Å². The lowest BCUT2D eigenvalue weighted by atomic mass is 9.76. The molecular formula is C18H28N2. The Kier molecular flexibility index (Phi) is 3.64. The fourth-order valence-corrected chi connectivity index (χ4v) is 4.29. The molecule has 0 amide bonds. The van der Waals surface area contributed by atoms with E-state index in [4.69, 9.17) is 5.73 Å². The van der Waals surface area contributed by atoms with E-state index >= 15 is 0 Å². The van der Waals surface area contributed by atoms with Crippen LogP contribution in [0.15, 0.2) is 24.3 Å². The summed E-state index contributed by atoms with van der Waals surface area (Å²) in [4.78, 5) is 0. The molecule has 0 saturated heterocycles. The number of hydrogen-bond donors (Lipinski definition) is 2. The molecule has 0 radical (unpaired) electrons. The fourth-order valence-electron chi connectivity index (χ4n) is 4.29. The van der Waals surface area contributed by atoms with E-state index in [1.165, 1.54) is 49.7 Å². The maximum Gasteiger partial charge on any atom is 0.0563 e. The SMILES string of the molecule is CC1(C)CCC(NC2(CN)CCCc3ccccc32)C1. The Hall–Kier alpha value is -0.860. The largest absolute Gasteiger partial charge is 0.328 e. The summed E-state index contributed by atoms with van der Waals surface area (Å²) in [5.74, 6) is 0. The predicted octanol–water partition coefficient (Wildman–Crippen LogP) is 3.35. The molecule has 0 heterocycles. The van der Waals surface area contributed by atoms with Gasteiger partial charge in [-0.1, -0.05) is 38.1 Å². The lowest BCUT2D eigenvalue weighted by Crippen LogP contribution is -2.54. The van der Waals surface area contributed by atoms with Crippen molar-refractivity contribution in [2.45, 2.75) is 64.0 Å². The van der Waals surface area contributed by atoms with Crippen LogP contribution in [0.4, 0.5) is 0 Å². The van der Waals surface area contributed by atoms with Crippen molar-refractivity contribution in [1.82, 2.24) is 5.32 Å². The molecule has 0 aliphatic heterocycles. The summed E-state index contributed by atoms with van der Waals surface area (Å²) in [6.45, 7) is 5.48. The van der Waals surface area contributed by atoms with Gasteiger partial charge in [0.05, 0.1) is 5.54 Å². The highest BCUT2D eigenvalue weighted by Gasteiger charge is 2.40. The molecule has 1 saturated carbocycles. The molecule has 2 aliphatic rings. The molecule has 20 heavy (non-hydrogen) atoms. The molecule has 1 fully saturated rings. The smallest absolute Gasteiger partial charge is 0.0563 e. The molecule has 2 unspecified atom stereocenters. The Balaban J connectivity index is 1.86. The van der Waals surface area contributed by atoms with Crippen molar-refractivity contribution in [3.8, 4) is 0 Å². The summed E-state index contributed by atoms with van der Waals surface area (Å²) in [6.07, 6.45) is 7.52. The third kappa shape index (κ3) is 2.51. The van der Waals surface area contributed by atoms with Crippen molar-refractivity contribution in [3.63, 3.8) is 0 Å². The highest BCUT2D eigenvalue weighted by Crippen LogP contribution is 2.41. The van der Waals surface area contributed by atoms with Crippen LogP contribution in [0.1, 0.15) is 57.1 Å². The van der Waals surface area contributed by atoms with Gasteiger partial charge in [0.2, 0.25) is 0 Å². The highest BCUT2D eigenvalue weighted by atomic mass is 15.0. The molecule has 2 atom stereocenters. The molecule has 2 heteroatoms. The molecule has 0 spiro atoms. The summed E-state index contributed by atoms with van der Waals surface area (Å²) in [5.41, 5.74) is 9.69. The van der Waals surface area contributed by atoms with E-state index in [1.807, 2.05) is 0 Å². The van der Waals surface area contributed by atoms with Crippen LogP contribution < -0.4 is 11.1 Å². The van der Waals surface area contributed by atoms with Gasteiger partial charge in [0.15, 0.2) is 0 Å². The van der Waals surface area contributed by atoms with Crippen molar-refractivity contribution < 1.29 is 0 Å². The minimum Gasteiger partial charge on any atom is -0.328 e. The van der Waals surface area contributed by atoms with Crippen LogP contribution in [-0.4, -0.2) is 12.6 Å². The number of fused-ring (bicyclic) bond motifs is 1. The molecule has 2 nitrogen and oxygen atoms in total. The van der Waals surface area contributed by atoms with Crippen LogP contribution in [0.5, 0.6) is 0 Å². The van der Waals surface area contributed by atoms with Crippen LogP contribution in [0.3, 0.4) is 0 Å². The first kappa shape index (κ1) is 14.1. The molecule has 110 valence electrons. The predicted molar refractivity (Wildman–Crippen MR) is 84.7 cm³/mol. The summed E-state index contributed by atoms with van der Waals surface area (Å²) in [6, 6.07) is 9.51. The number of benzene rings is 1. The van der Waals surface area contributed by atoms with E-state index in [0.29, 0.717) is 18.0 Å². The van der Waals surface area contributed by atoms with Gasteiger partial charge < -0.3 is 11.1 Å². The Morgan fingerprint density at radius 3 is 2.75 bits per heavy atom. The summed E-state index contributed by atoms with van der Waals surface area (Å²) >= 11 is 0. The van der Waals surface area contributed by atoms with Gasteiger partial charge in [0.25, 0.3) is 0 Å². The molecule has 3 N–H and O–H groups in total. The van der Waals surface area contributed by atoms with Crippen LogP contribution >= 0.6 is 0 Å².